The summed E-state index contributed by atoms with van der Waals surface area (Å²) < 4.78 is 12.0. The molecule has 7 N–H and O–H groups in total. The number of carbonyl (C=O) groups is 1. The first-order valence-electron chi connectivity index (χ1n) is 17.9. The van der Waals surface area contributed by atoms with Gasteiger partial charge in [-0.1, -0.05) is 12.0 Å². The van der Waals surface area contributed by atoms with Crippen LogP contribution in [-0.2, 0) is 16.0 Å². The van der Waals surface area contributed by atoms with Crippen LogP contribution in [0.5, 0.6) is 11.5 Å². The van der Waals surface area contributed by atoms with Crippen LogP contribution in [-0.4, -0.2) is 120 Å². The molecule has 3 fully saturated rings. The van der Waals surface area contributed by atoms with Gasteiger partial charge in [0, 0.05) is 65.0 Å². The van der Waals surface area contributed by atoms with Crippen molar-refractivity contribution in [1.82, 2.24) is 20.4 Å². The second kappa shape index (κ2) is 15.6. The number of esters is 1. The molecule has 5 heterocycles. The Bertz CT molecular complexity index is 1350. The normalized spacial score (nSPS) is 36.3. The zero-order valence-corrected chi connectivity index (χ0v) is 28.3. The lowest BCUT2D eigenvalue weighted by Gasteiger charge is -2.46. The van der Waals surface area contributed by atoms with Crippen molar-refractivity contribution in [2.75, 3.05) is 59.0 Å². The number of ether oxygens (including phenoxy) is 2. The van der Waals surface area contributed by atoms with E-state index < -0.39 is 29.7 Å². The van der Waals surface area contributed by atoms with Gasteiger partial charge in [0.2, 0.25) is 0 Å². The fourth-order valence-corrected chi connectivity index (χ4v) is 8.45. The van der Waals surface area contributed by atoms with Crippen LogP contribution in [0.3, 0.4) is 0 Å². The van der Waals surface area contributed by atoms with E-state index in [1.54, 1.807) is 6.07 Å². The number of aliphatic hydroxyl groups is 2. The van der Waals surface area contributed by atoms with E-state index in [2.05, 4.69) is 37.3 Å². The molecule has 12 nitrogen and oxygen atoms in total. The van der Waals surface area contributed by atoms with Crippen molar-refractivity contribution in [2.45, 2.75) is 82.7 Å². The third kappa shape index (κ3) is 8.93. The van der Waals surface area contributed by atoms with Gasteiger partial charge in [-0.2, -0.15) is 0 Å². The fraction of sp³-hybridized carbons (Fsp3) is 0.722. The summed E-state index contributed by atoms with van der Waals surface area (Å²) in [5, 5.41) is 40.6. The van der Waals surface area contributed by atoms with Gasteiger partial charge in [0.05, 0.1) is 24.3 Å². The highest BCUT2D eigenvalue weighted by Gasteiger charge is 2.42. The van der Waals surface area contributed by atoms with Crippen LogP contribution in [0.25, 0.3) is 0 Å². The molecule has 7 rings (SSSR count). The number of nitrogens with one attached hydrogen (secondary N) is 2. The van der Waals surface area contributed by atoms with Crippen molar-refractivity contribution < 1.29 is 29.6 Å². The molecule has 0 aromatic heterocycles. The molecule has 1 aliphatic carbocycles. The lowest BCUT2D eigenvalue weighted by atomic mass is 9.75. The maximum absolute atomic E-state index is 12.3. The number of hydrogen-bond acceptors (Lipinski definition) is 12. The van der Waals surface area contributed by atoms with Gasteiger partial charge < -0.3 is 46.1 Å². The van der Waals surface area contributed by atoms with Gasteiger partial charge >= 0.3 is 5.97 Å². The Morgan fingerprint density at radius 1 is 1.08 bits per heavy atom. The zero-order chi connectivity index (χ0) is 33.7. The number of hydrogen-bond donors (Lipinski definition) is 6. The Labute approximate surface area is 284 Å². The van der Waals surface area contributed by atoms with E-state index in [4.69, 9.17) is 15.2 Å². The molecule has 264 valence electrons. The Morgan fingerprint density at radius 2 is 1.83 bits per heavy atom. The summed E-state index contributed by atoms with van der Waals surface area (Å²) in [5.74, 6) is 8.20. The third-order valence-electron chi connectivity index (χ3n) is 10.9. The minimum absolute atomic E-state index is 0.0283. The summed E-state index contributed by atoms with van der Waals surface area (Å²) in [7, 11) is 0. The molecule has 0 radical (unpaired) electrons. The largest absolute Gasteiger partial charge is 0.504 e. The van der Waals surface area contributed by atoms with Gasteiger partial charge in [-0.3, -0.25) is 9.69 Å². The molecule has 1 spiro atoms. The van der Waals surface area contributed by atoms with Crippen molar-refractivity contribution in [1.29, 1.82) is 0 Å². The smallest absolute Gasteiger partial charge is 0.302 e. The summed E-state index contributed by atoms with van der Waals surface area (Å²) >= 11 is 0. The molecule has 0 amide bonds. The SMILES string of the molecule is CC(=O)O[C@@H]1C[C@@H](O)CC[C@@]2(C#CC[C@H]1Cc1ccc(O)c(OC3CCNCC3)c1)CNC(N)=NCN1C[C@H]3C[C@H](C1)CN(C3)C[C@H]2O. The lowest BCUT2D eigenvalue weighted by molar-refractivity contribution is -0.151. The van der Waals surface area contributed by atoms with Crippen molar-refractivity contribution >= 4 is 11.9 Å². The van der Waals surface area contributed by atoms with Gasteiger partial charge in [0.15, 0.2) is 17.5 Å². The average molecular weight is 667 g/mol. The number of fused-ring (bicyclic) bond motifs is 4. The van der Waals surface area contributed by atoms with Crippen LogP contribution in [0.4, 0.5) is 0 Å². The number of piperidine rings is 3. The number of nitrogens with zero attached hydrogens (tertiary/aromatic N) is 3. The molecule has 6 aliphatic rings. The van der Waals surface area contributed by atoms with Gasteiger partial charge in [-0.15, -0.1) is 5.92 Å². The molecule has 7 atom stereocenters. The van der Waals surface area contributed by atoms with E-state index in [0.29, 0.717) is 69.0 Å². The Balaban J connectivity index is 1.27. The molecule has 4 bridgehead atoms. The zero-order valence-electron chi connectivity index (χ0n) is 28.3. The third-order valence-corrected chi connectivity index (χ3v) is 10.9. The van der Waals surface area contributed by atoms with Crippen LogP contribution in [0.1, 0.15) is 57.4 Å². The number of phenolic OH excluding ortho intramolecular Hbond substituents is 1. The number of benzene rings is 1. The van der Waals surface area contributed by atoms with Crippen molar-refractivity contribution in [2.24, 2.45) is 33.9 Å². The predicted octanol–water partition coefficient (Wildman–Crippen LogP) is 1.03. The summed E-state index contributed by atoms with van der Waals surface area (Å²) in [4.78, 5) is 21.7. The number of rotatable bonds is 5. The molecule has 0 saturated carbocycles. The van der Waals surface area contributed by atoms with Crippen LogP contribution in [0.2, 0.25) is 0 Å². The van der Waals surface area contributed by atoms with Crippen molar-refractivity contribution in [3.8, 4) is 23.3 Å². The number of guanidine groups is 1. The molecule has 1 aromatic rings. The number of carbonyl (C=O) groups excluding carboxylic acids is 1. The highest BCUT2D eigenvalue weighted by molar-refractivity contribution is 5.77. The summed E-state index contributed by atoms with van der Waals surface area (Å²) in [6.07, 6.45) is 2.84. The van der Waals surface area contributed by atoms with Crippen LogP contribution in [0, 0.1) is 35.0 Å². The van der Waals surface area contributed by atoms with Gasteiger partial charge in [-0.05, 0) is 81.1 Å². The van der Waals surface area contributed by atoms with Crippen LogP contribution >= 0.6 is 0 Å². The standard InChI is InChI=1S/C36H54N6O6/c1-24(43)47-32-16-29(44)6-10-36(22-39-35(37)40-23-42-19-26-13-27(20-42)18-41(17-26)21-34(36)46)9-2-3-28(32)14-25-4-5-31(45)33(15-25)48-30-7-11-38-12-8-30/h4-5,15,26-30,32,34,38,44-46H,3,6-8,10-14,16-23H2,1H3,(H3,37,39,40)/t26-,27-,28-,29-,32+,34+,36-/m0/s1. The first-order chi connectivity index (χ1) is 23.1. The molecular formula is C36H54N6O6. The van der Waals surface area contributed by atoms with Crippen molar-refractivity contribution in [3.63, 3.8) is 0 Å². The maximum atomic E-state index is 12.3. The number of nitrogens with two attached hydrogens (primary N) is 1. The van der Waals surface area contributed by atoms with E-state index in [0.717, 1.165) is 57.7 Å². The number of aliphatic imine (C=N–C) groups is 1. The minimum Gasteiger partial charge on any atom is -0.504 e. The number of aliphatic hydroxyl groups excluding tert-OH is 2. The summed E-state index contributed by atoms with van der Waals surface area (Å²) in [6.45, 7) is 8.33. The van der Waals surface area contributed by atoms with E-state index >= 15 is 0 Å². The van der Waals surface area contributed by atoms with E-state index in [1.807, 2.05) is 12.1 Å². The molecule has 12 heteroatoms. The molecule has 0 unspecified atom stereocenters. The van der Waals surface area contributed by atoms with Gasteiger partial charge in [0.1, 0.15) is 12.2 Å². The van der Waals surface area contributed by atoms with Crippen LogP contribution < -0.4 is 21.1 Å². The first-order valence-corrected chi connectivity index (χ1v) is 17.9. The van der Waals surface area contributed by atoms with Crippen molar-refractivity contribution in [3.05, 3.63) is 23.8 Å². The Kier molecular flexibility index (Phi) is 11.3. The van der Waals surface area contributed by atoms with E-state index in [9.17, 15) is 20.1 Å². The molecule has 5 aliphatic heterocycles. The summed E-state index contributed by atoms with van der Waals surface area (Å²) in [6, 6.07) is 5.37. The lowest BCUT2D eigenvalue weighted by Crippen LogP contribution is -2.56. The minimum atomic E-state index is -0.876. The molecule has 48 heavy (non-hydrogen) atoms. The van der Waals surface area contributed by atoms with E-state index in [1.165, 1.54) is 13.3 Å². The second-order valence-corrected chi connectivity index (χ2v) is 14.8. The van der Waals surface area contributed by atoms with E-state index in [-0.39, 0.29) is 24.2 Å². The number of phenols is 1. The fourth-order valence-electron chi connectivity index (χ4n) is 8.45. The van der Waals surface area contributed by atoms with Crippen LogP contribution in [0.15, 0.2) is 23.2 Å². The molecule has 1 aromatic carbocycles. The molecular weight excluding hydrogens is 612 g/mol. The molecule has 3 saturated heterocycles. The highest BCUT2D eigenvalue weighted by Crippen LogP contribution is 2.36. The van der Waals surface area contributed by atoms with Gasteiger partial charge in [0.25, 0.3) is 0 Å². The topological polar surface area (TPSA) is 165 Å². The summed E-state index contributed by atoms with van der Waals surface area (Å²) in [5.41, 5.74) is 6.40. The average Bonchev–Trinajstić information content (AvgIpc) is 3.05. The quantitative estimate of drug-likeness (QED) is 0.196. The monoisotopic (exact) mass is 666 g/mol. The second-order valence-electron chi connectivity index (χ2n) is 14.8. The highest BCUT2D eigenvalue weighted by atomic mass is 16.5. The van der Waals surface area contributed by atoms with Gasteiger partial charge in [-0.25, -0.2) is 4.99 Å². The Morgan fingerprint density at radius 3 is 2.58 bits per heavy atom. The predicted molar refractivity (Wildman–Crippen MR) is 182 cm³/mol. The maximum Gasteiger partial charge on any atom is 0.302 e. The number of aromatic hydroxyl groups is 1. The first kappa shape index (κ1) is 34.8. The Hall–Kier alpha value is -3.08.